The summed E-state index contributed by atoms with van der Waals surface area (Å²) in [4.78, 5) is 0. The van der Waals surface area contributed by atoms with Gasteiger partial charge in [0, 0.05) is 0 Å². The first-order valence-electron chi connectivity index (χ1n) is 10.7. The highest BCUT2D eigenvalue weighted by atomic mass is 19.1. The molecule has 0 bridgehead atoms. The van der Waals surface area contributed by atoms with Gasteiger partial charge in [0.15, 0.2) is 0 Å². The molecule has 5 atom stereocenters. The predicted octanol–water partition coefficient (Wildman–Crippen LogP) is 6.21. The zero-order valence-electron chi connectivity index (χ0n) is 16.2. The first kappa shape index (κ1) is 18.2. The van der Waals surface area contributed by atoms with Crippen LogP contribution in [0.5, 0.6) is 0 Å². The van der Waals surface area contributed by atoms with E-state index in [4.69, 9.17) is 4.74 Å². The third kappa shape index (κ3) is 3.76. The van der Waals surface area contributed by atoms with Crippen LogP contribution in [0.25, 0.3) is 0 Å². The molecule has 2 saturated carbocycles. The first-order chi connectivity index (χ1) is 12.6. The van der Waals surface area contributed by atoms with E-state index in [0.29, 0.717) is 24.5 Å². The minimum Gasteiger partial charge on any atom is -0.374 e. The Morgan fingerprint density at radius 2 is 1.92 bits per heavy atom. The van der Waals surface area contributed by atoms with E-state index in [2.05, 4.69) is 19.6 Å². The van der Waals surface area contributed by atoms with Gasteiger partial charge in [0.2, 0.25) is 0 Å². The second kappa shape index (κ2) is 7.84. The van der Waals surface area contributed by atoms with Crippen LogP contribution >= 0.6 is 0 Å². The molecule has 3 aliphatic carbocycles. The van der Waals surface area contributed by atoms with Crippen LogP contribution in [-0.4, -0.2) is 12.7 Å². The molecule has 3 aliphatic rings. The molecule has 0 saturated heterocycles. The Morgan fingerprint density at radius 1 is 1.12 bits per heavy atom. The number of ether oxygens (including phenoxy) is 1. The number of rotatable bonds is 4. The van der Waals surface area contributed by atoms with Gasteiger partial charge in [-0.1, -0.05) is 19.1 Å². The molecule has 1 nitrogen and oxygen atoms in total. The van der Waals surface area contributed by atoms with Gasteiger partial charge in [-0.3, -0.25) is 0 Å². The molecular weight excluding hydrogens is 323 g/mol. The van der Waals surface area contributed by atoms with Crippen molar-refractivity contribution in [2.45, 2.75) is 76.7 Å². The number of hydrogen-bond donors (Lipinski definition) is 0. The Hall–Kier alpha value is -1.15. The zero-order chi connectivity index (χ0) is 18.1. The van der Waals surface area contributed by atoms with Crippen molar-refractivity contribution in [3.05, 3.63) is 47.3 Å². The van der Waals surface area contributed by atoms with Gasteiger partial charge in [0.25, 0.3) is 0 Å². The predicted molar refractivity (Wildman–Crippen MR) is 105 cm³/mol. The number of fused-ring (bicyclic) bond motifs is 2. The molecule has 1 aromatic carbocycles. The number of benzene rings is 1. The SMILES string of the molecule is C=CCOC1CCC2CC(c3cc(F)c4c(c3)CCC(C)C4)CCC2C1. The Morgan fingerprint density at radius 3 is 2.77 bits per heavy atom. The van der Waals surface area contributed by atoms with E-state index in [1.807, 2.05) is 12.1 Å². The zero-order valence-corrected chi connectivity index (χ0v) is 16.2. The fraction of sp³-hybridized carbons (Fsp3) is 0.667. The van der Waals surface area contributed by atoms with Gasteiger partial charge in [-0.15, -0.1) is 6.58 Å². The Bertz CT molecular complexity index is 652. The lowest BCUT2D eigenvalue weighted by Gasteiger charge is -2.42. The molecule has 4 rings (SSSR count). The van der Waals surface area contributed by atoms with Crippen molar-refractivity contribution in [1.82, 2.24) is 0 Å². The van der Waals surface area contributed by atoms with Crippen molar-refractivity contribution < 1.29 is 9.13 Å². The van der Waals surface area contributed by atoms with E-state index < -0.39 is 0 Å². The lowest BCUT2D eigenvalue weighted by atomic mass is 9.65. The fourth-order valence-corrected chi connectivity index (χ4v) is 5.76. The number of hydrogen-bond acceptors (Lipinski definition) is 1. The third-order valence-electron chi connectivity index (χ3n) is 7.26. The fourth-order valence-electron chi connectivity index (χ4n) is 5.76. The van der Waals surface area contributed by atoms with Crippen molar-refractivity contribution in [2.24, 2.45) is 17.8 Å². The highest BCUT2D eigenvalue weighted by molar-refractivity contribution is 5.37. The van der Waals surface area contributed by atoms with E-state index >= 15 is 0 Å². The maximum Gasteiger partial charge on any atom is 0.126 e. The average molecular weight is 357 g/mol. The van der Waals surface area contributed by atoms with E-state index in [1.54, 1.807) is 0 Å². The van der Waals surface area contributed by atoms with Crippen LogP contribution in [0.4, 0.5) is 4.39 Å². The van der Waals surface area contributed by atoms with E-state index in [1.165, 1.54) is 56.1 Å². The van der Waals surface area contributed by atoms with E-state index in [-0.39, 0.29) is 5.82 Å². The lowest BCUT2D eigenvalue weighted by Crippen LogP contribution is -2.33. The minimum atomic E-state index is 0.0627. The van der Waals surface area contributed by atoms with Crippen molar-refractivity contribution in [3.8, 4) is 0 Å². The van der Waals surface area contributed by atoms with Crippen LogP contribution in [-0.2, 0) is 17.6 Å². The number of aryl methyl sites for hydroxylation is 1. The maximum absolute atomic E-state index is 14.7. The summed E-state index contributed by atoms with van der Waals surface area (Å²) in [6.07, 6.45) is 12.9. The van der Waals surface area contributed by atoms with Gasteiger partial charge in [0.05, 0.1) is 12.7 Å². The Kier molecular flexibility index (Phi) is 5.50. The molecule has 0 amide bonds. The molecule has 142 valence electrons. The third-order valence-corrected chi connectivity index (χ3v) is 7.26. The molecule has 0 heterocycles. The van der Waals surface area contributed by atoms with Crippen LogP contribution in [0.2, 0.25) is 0 Å². The van der Waals surface area contributed by atoms with Crippen LogP contribution in [0.3, 0.4) is 0 Å². The van der Waals surface area contributed by atoms with Crippen molar-refractivity contribution in [3.63, 3.8) is 0 Å². The summed E-state index contributed by atoms with van der Waals surface area (Å²) >= 11 is 0. The molecule has 0 aliphatic heterocycles. The van der Waals surface area contributed by atoms with Crippen LogP contribution in [0.15, 0.2) is 24.8 Å². The molecule has 2 fully saturated rings. The molecule has 0 N–H and O–H groups in total. The topological polar surface area (TPSA) is 9.23 Å². The first-order valence-corrected chi connectivity index (χ1v) is 10.7. The van der Waals surface area contributed by atoms with Gasteiger partial charge in [0.1, 0.15) is 5.82 Å². The normalized spacial score (nSPS) is 34.0. The van der Waals surface area contributed by atoms with Crippen LogP contribution in [0.1, 0.15) is 74.5 Å². The van der Waals surface area contributed by atoms with E-state index in [9.17, 15) is 4.39 Å². The Balaban J connectivity index is 1.43. The molecule has 26 heavy (non-hydrogen) atoms. The average Bonchev–Trinajstić information content (AvgIpc) is 2.66. The summed E-state index contributed by atoms with van der Waals surface area (Å²) in [7, 11) is 0. The molecule has 0 radical (unpaired) electrons. The largest absolute Gasteiger partial charge is 0.374 e. The highest BCUT2D eigenvalue weighted by Crippen LogP contribution is 2.47. The van der Waals surface area contributed by atoms with Gasteiger partial charge in [-0.2, -0.15) is 0 Å². The molecule has 0 aromatic heterocycles. The summed E-state index contributed by atoms with van der Waals surface area (Å²) in [5.74, 6) is 2.85. The molecule has 5 unspecified atom stereocenters. The monoisotopic (exact) mass is 356 g/mol. The van der Waals surface area contributed by atoms with Crippen LogP contribution in [0, 0.1) is 23.6 Å². The van der Waals surface area contributed by atoms with Gasteiger partial charge >= 0.3 is 0 Å². The number of halogens is 1. The summed E-state index contributed by atoms with van der Waals surface area (Å²) < 4.78 is 20.6. The Labute approximate surface area is 158 Å². The van der Waals surface area contributed by atoms with Gasteiger partial charge < -0.3 is 4.74 Å². The van der Waals surface area contributed by atoms with Crippen molar-refractivity contribution >= 4 is 0 Å². The lowest BCUT2D eigenvalue weighted by molar-refractivity contribution is -0.00311. The summed E-state index contributed by atoms with van der Waals surface area (Å²) in [5.41, 5.74) is 3.57. The molecule has 0 spiro atoms. The summed E-state index contributed by atoms with van der Waals surface area (Å²) in [5, 5.41) is 0. The second-order valence-corrected chi connectivity index (χ2v) is 9.08. The van der Waals surface area contributed by atoms with E-state index in [0.717, 1.165) is 30.2 Å². The molecular formula is C24H33FO. The standard InChI is InChI=1S/C24H33FO/c1-3-10-26-22-9-8-17-12-18(6-7-19(17)14-22)21-13-20-5-4-16(2)11-23(20)24(25)15-21/h3,13,15-19,22H,1,4-12,14H2,2H3. The van der Waals surface area contributed by atoms with Gasteiger partial charge in [-0.05, 0) is 104 Å². The van der Waals surface area contributed by atoms with Crippen LogP contribution < -0.4 is 0 Å². The molecule has 1 aromatic rings. The van der Waals surface area contributed by atoms with Crippen molar-refractivity contribution in [2.75, 3.05) is 6.61 Å². The summed E-state index contributed by atoms with van der Waals surface area (Å²) in [6, 6.07) is 4.23. The molecule has 2 heteroatoms. The second-order valence-electron chi connectivity index (χ2n) is 9.08. The van der Waals surface area contributed by atoms with Crippen molar-refractivity contribution in [1.29, 1.82) is 0 Å². The highest BCUT2D eigenvalue weighted by Gasteiger charge is 2.36. The maximum atomic E-state index is 14.7. The minimum absolute atomic E-state index is 0.0627. The smallest absolute Gasteiger partial charge is 0.126 e. The summed E-state index contributed by atoms with van der Waals surface area (Å²) in [6.45, 7) is 6.68. The quantitative estimate of drug-likeness (QED) is 0.583. The van der Waals surface area contributed by atoms with Gasteiger partial charge in [-0.25, -0.2) is 4.39 Å².